The van der Waals surface area contributed by atoms with Gasteiger partial charge in [-0.15, -0.1) is 0 Å². The fourth-order valence-corrected chi connectivity index (χ4v) is 1.47. The van der Waals surface area contributed by atoms with Crippen LogP contribution < -0.4 is 5.32 Å². The quantitative estimate of drug-likeness (QED) is 0.916. The molecule has 1 aromatic heterocycles. The van der Waals surface area contributed by atoms with Gasteiger partial charge in [-0.2, -0.15) is 5.10 Å². The Labute approximate surface area is 98.2 Å². The van der Waals surface area contributed by atoms with Gasteiger partial charge in [-0.1, -0.05) is 0 Å². The number of aryl methyl sites for hydroxylation is 1. The molecule has 0 fully saturated rings. The zero-order valence-corrected chi connectivity index (χ0v) is 11.0. The van der Waals surface area contributed by atoms with E-state index in [-0.39, 0.29) is 18.0 Å². The number of carbonyl (C=O) groups is 1. The number of nitrogens with one attached hydrogen (secondary N) is 1. The summed E-state index contributed by atoms with van der Waals surface area (Å²) in [6.45, 7) is 7.61. The van der Waals surface area contributed by atoms with Crippen LogP contribution in [0.2, 0.25) is 0 Å². The Hall–Kier alpha value is -0.840. The molecule has 1 amide bonds. The summed E-state index contributed by atoms with van der Waals surface area (Å²) in [5, 5.41) is 7.10. The molecule has 1 N–H and O–H groups in total. The molecule has 0 saturated heterocycles. The minimum atomic E-state index is -0.280. The van der Waals surface area contributed by atoms with Gasteiger partial charge in [0.15, 0.2) is 0 Å². The van der Waals surface area contributed by atoms with Crippen LogP contribution in [0.15, 0.2) is 10.7 Å². The van der Waals surface area contributed by atoms with Gasteiger partial charge in [-0.3, -0.25) is 9.48 Å². The Morgan fingerprint density at radius 1 is 1.53 bits per heavy atom. The number of amides is 1. The summed E-state index contributed by atoms with van der Waals surface area (Å²) < 4.78 is 2.59. The predicted octanol–water partition coefficient (Wildman–Crippen LogP) is 2.04. The maximum absolute atomic E-state index is 11.7. The predicted molar refractivity (Wildman–Crippen MR) is 62.7 cm³/mol. The zero-order valence-electron chi connectivity index (χ0n) is 9.41. The van der Waals surface area contributed by atoms with Crippen molar-refractivity contribution in [2.45, 2.75) is 39.8 Å². The third-order valence-electron chi connectivity index (χ3n) is 2.06. The molecule has 15 heavy (non-hydrogen) atoms. The highest BCUT2D eigenvalue weighted by molar-refractivity contribution is 9.10. The minimum absolute atomic E-state index is 0.0139. The molecule has 0 aliphatic rings. The topological polar surface area (TPSA) is 46.9 Å². The summed E-state index contributed by atoms with van der Waals surface area (Å²) in [7, 11) is 0. The molecule has 1 aromatic rings. The Morgan fingerprint density at radius 2 is 2.13 bits per heavy atom. The average molecular weight is 274 g/mol. The standard InChI is InChI=1S/C10H16BrN3O/c1-6(2)12-10(15)8(4)14-5-9(11)7(3)13-14/h5-6,8H,1-4H3,(H,12,15)/t8-/m0/s1. The van der Waals surface area contributed by atoms with Crippen LogP contribution >= 0.6 is 15.9 Å². The first kappa shape index (κ1) is 12.2. The van der Waals surface area contributed by atoms with Gasteiger partial charge in [0.2, 0.25) is 5.91 Å². The molecule has 1 atom stereocenters. The maximum Gasteiger partial charge on any atom is 0.244 e. The first-order valence-corrected chi connectivity index (χ1v) is 5.72. The van der Waals surface area contributed by atoms with E-state index >= 15 is 0 Å². The van der Waals surface area contributed by atoms with E-state index in [1.807, 2.05) is 33.9 Å². The number of nitrogens with zero attached hydrogens (tertiary/aromatic N) is 2. The molecule has 1 rings (SSSR count). The van der Waals surface area contributed by atoms with Crippen LogP contribution in [0.1, 0.15) is 32.5 Å². The van der Waals surface area contributed by atoms with Crippen molar-refractivity contribution in [2.75, 3.05) is 0 Å². The van der Waals surface area contributed by atoms with Crippen LogP contribution in [0, 0.1) is 6.92 Å². The molecule has 0 saturated carbocycles. The van der Waals surface area contributed by atoms with Crippen LogP contribution in [0.3, 0.4) is 0 Å². The second-order valence-corrected chi connectivity index (χ2v) is 4.74. The van der Waals surface area contributed by atoms with Crippen molar-refractivity contribution in [3.8, 4) is 0 Å². The molecule has 0 aromatic carbocycles. The summed E-state index contributed by atoms with van der Waals surface area (Å²) in [5.74, 6) is -0.0139. The van der Waals surface area contributed by atoms with Gasteiger partial charge in [0.05, 0.1) is 10.2 Å². The van der Waals surface area contributed by atoms with E-state index in [1.54, 1.807) is 4.68 Å². The van der Waals surface area contributed by atoms with Crippen molar-refractivity contribution >= 4 is 21.8 Å². The Bertz CT molecular complexity index is 340. The van der Waals surface area contributed by atoms with Gasteiger partial charge in [-0.25, -0.2) is 0 Å². The molecule has 4 nitrogen and oxygen atoms in total. The highest BCUT2D eigenvalue weighted by Crippen LogP contribution is 2.16. The largest absolute Gasteiger partial charge is 0.352 e. The monoisotopic (exact) mass is 273 g/mol. The summed E-state index contributed by atoms with van der Waals surface area (Å²) in [6, 6.07) is -0.127. The lowest BCUT2D eigenvalue weighted by molar-refractivity contribution is -0.124. The van der Waals surface area contributed by atoms with Gasteiger partial charge in [0, 0.05) is 12.2 Å². The average Bonchev–Trinajstić information content (AvgIpc) is 2.44. The summed E-state index contributed by atoms with van der Waals surface area (Å²) >= 11 is 3.37. The van der Waals surface area contributed by atoms with E-state index in [4.69, 9.17) is 0 Å². The Kier molecular flexibility index (Phi) is 3.90. The SMILES string of the molecule is Cc1nn([C@@H](C)C(=O)NC(C)C)cc1Br. The highest BCUT2D eigenvalue weighted by Gasteiger charge is 2.17. The molecule has 0 radical (unpaired) electrons. The smallest absolute Gasteiger partial charge is 0.244 e. The van der Waals surface area contributed by atoms with Gasteiger partial charge in [0.1, 0.15) is 6.04 Å². The molecular weight excluding hydrogens is 258 g/mol. The van der Waals surface area contributed by atoms with Crippen molar-refractivity contribution in [1.82, 2.24) is 15.1 Å². The van der Waals surface area contributed by atoms with Gasteiger partial charge < -0.3 is 5.32 Å². The van der Waals surface area contributed by atoms with Crippen LogP contribution in [0.25, 0.3) is 0 Å². The van der Waals surface area contributed by atoms with E-state index < -0.39 is 0 Å². The highest BCUT2D eigenvalue weighted by atomic mass is 79.9. The lowest BCUT2D eigenvalue weighted by Gasteiger charge is -2.14. The summed E-state index contributed by atoms with van der Waals surface area (Å²) in [6.07, 6.45) is 1.82. The summed E-state index contributed by atoms with van der Waals surface area (Å²) in [5.41, 5.74) is 0.888. The second kappa shape index (κ2) is 4.79. The van der Waals surface area contributed by atoms with Crippen LogP contribution in [-0.4, -0.2) is 21.7 Å². The third kappa shape index (κ3) is 3.06. The number of carbonyl (C=O) groups excluding carboxylic acids is 1. The van der Waals surface area contributed by atoms with Crippen molar-refractivity contribution in [3.05, 3.63) is 16.4 Å². The Morgan fingerprint density at radius 3 is 2.53 bits per heavy atom. The number of hydrogen-bond acceptors (Lipinski definition) is 2. The molecule has 0 aliphatic heterocycles. The van der Waals surface area contributed by atoms with E-state index in [0.717, 1.165) is 10.2 Å². The minimum Gasteiger partial charge on any atom is -0.352 e. The number of aromatic nitrogens is 2. The Balaban J connectivity index is 2.76. The van der Waals surface area contributed by atoms with Crippen molar-refractivity contribution in [1.29, 1.82) is 0 Å². The van der Waals surface area contributed by atoms with Gasteiger partial charge >= 0.3 is 0 Å². The van der Waals surface area contributed by atoms with E-state index in [9.17, 15) is 4.79 Å². The van der Waals surface area contributed by atoms with E-state index in [1.165, 1.54) is 0 Å². The lowest BCUT2D eigenvalue weighted by atomic mass is 10.3. The molecule has 0 bridgehead atoms. The van der Waals surface area contributed by atoms with E-state index in [2.05, 4.69) is 26.3 Å². The number of halogens is 1. The van der Waals surface area contributed by atoms with Crippen LogP contribution in [-0.2, 0) is 4.79 Å². The first-order valence-electron chi connectivity index (χ1n) is 4.93. The van der Waals surface area contributed by atoms with Gasteiger partial charge in [-0.05, 0) is 43.6 Å². The molecule has 0 spiro atoms. The molecular formula is C10H16BrN3O. The second-order valence-electron chi connectivity index (χ2n) is 3.88. The fourth-order valence-electron chi connectivity index (χ4n) is 1.18. The van der Waals surface area contributed by atoms with Crippen molar-refractivity contribution in [3.63, 3.8) is 0 Å². The normalized spacial score (nSPS) is 12.9. The van der Waals surface area contributed by atoms with E-state index in [0.29, 0.717) is 0 Å². The molecule has 84 valence electrons. The fraction of sp³-hybridized carbons (Fsp3) is 0.600. The number of hydrogen-bond donors (Lipinski definition) is 1. The zero-order chi connectivity index (χ0) is 11.6. The molecule has 0 unspecified atom stereocenters. The van der Waals surface area contributed by atoms with Crippen molar-refractivity contribution in [2.24, 2.45) is 0 Å². The van der Waals surface area contributed by atoms with Crippen molar-refractivity contribution < 1.29 is 4.79 Å². The van der Waals surface area contributed by atoms with Crippen LogP contribution in [0.4, 0.5) is 0 Å². The molecule has 5 heteroatoms. The third-order valence-corrected chi connectivity index (χ3v) is 2.84. The van der Waals surface area contributed by atoms with Gasteiger partial charge in [0.25, 0.3) is 0 Å². The van der Waals surface area contributed by atoms with Crippen LogP contribution in [0.5, 0.6) is 0 Å². The maximum atomic E-state index is 11.7. The molecule has 0 aliphatic carbocycles. The first-order chi connectivity index (χ1) is 6.91. The number of rotatable bonds is 3. The summed E-state index contributed by atoms with van der Waals surface area (Å²) in [4.78, 5) is 11.7. The lowest BCUT2D eigenvalue weighted by Crippen LogP contribution is -2.35. The molecule has 1 heterocycles.